The van der Waals surface area contributed by atoms with Gasteiger partial charge in [0, 0.05) is 13.1 Å². The van der Waals surface area contributed by atoms with Crippen molar-refractivity contribution in [2.24, 2.45) is 0 Å². The van der Waals surface area contributed by atoms with Crippen LogP contribution in [0.2, 0.25) is 0 Å². The number of hydrogen-bond acceptors (Lipinski definition) is 2. The van der Waals surface area contributed by atoms with E-state index in [0.717, 1.165) is 13.1 Å². The Hall–Kier alpha value is -0.120. The summed E-state index contributed by atoms with van der Waals surface area (Å²) in [5.41, 5.74) is 0. The maximum absolute atomic E-state index is 10.6. The summed E-state index contributed by atoms with van der Waals surface area (Å²) < 4.78 is 0. The van der Waals surface area contributed by atoms with Gasteiger partial charge in [0.15, 0.2) is 0 Å². The second kappa shape index (κ2) is 2.44. The molecule has 1 aliphatic rings. The molecule has 3 nitrogen and oxygen atoms in total. The van der Waals surface area contributed by atoms with Crippen LogP contribution < -0.4 is 5.17 Å². The van der Waals surface area contributed by atoms with Crippen LogP contribution in [-0.4, -0.2) is 25.1 Å². The summed E-state index contributed by atoms with van der Waals surface area (Å²) >= 11 is 0. The molecule has 3 heteroatoms. The SMILES string of the molecule is C[NH+]([O-])N1CCCC1. The molecular weight excluding hydrogens is 104 g/mol. The van der Waals surface area contributed by atoms with E-state index in [2.05, 4.69) is 0 Å². The zero-order valence-electron chi connectivity index (χ0n) is 5.18. The zero-order chi connectivity index (χ0) is 5.98. The first-order valence-electron chi connectivity index (χ1n) is 3.06. The van der Waals surface area contributed by atoms with E-state index in [0.29, 0.717) is 0 Å². The summed E-state index contributed by atoms with van der Waals surface area (Å²) in [4.78, 5) is 0. The maximum Gasteiger partial charge on any atom is 0.0841 e. The summed E-state index contributed by atoms with van der Waals surface area (Å²) in [6.45, 7) is 1.96. The van der Waals surface area contributed by atoms with Crippen molar-refractivity contribution in [1.82, 2.24) is 5.01 Å². The van der Waals surface area contributed by atoms with Crippen LogP contribution in [0.5, 0.6) is 0 Å². The van der Waals surface area contributed by atoms with Gasteiger partial charge in [-0.3, -0.25) is 5.17 Å². The Balaban J connectivity index is 2.24. The van der Waals surface area contributed by atoms with Gasteiger partial charge in [-0.25, -0.2) is 0 Å². The predicted octanol–water partition coefficient (Wildman–Crippen LogP) is -0.990. The Morgan fingerprint density at radius 3 is 2.12 bits per heavy atom. The molecule has 1 atom stereocenters. The molecule has 0 aliphatic carbocycles. The number of hydrogen-bond donors (Lipinski definition) is 1. The van der Waals surface area contributed by atoms with Crippen LogP contribution >= 0.6 is 0 Å². The lowest BCUT2D eigenvalue weighted by Gasteiger charge is -2.25. The van der Waals surface area contributed by atoms with Crippen molar-refractivity contribution in [3.05, 3.63) is 5.21 Å². The summed E-state index contributed by atoms with van der Waals surface area (Å²) in [5, 5.41) is 12.7. The van der Waals surface area contributed by atoms with Crippen LogP contribution in [0.4, 0.5) is 0 Å². The van der Waals surface area contributed by atoms with Crippen molar-refractivity contribution in [3.63, 3.8) is 0 Å². The minimum absolute atomic E-state index is 0.225. The fraction of sp³-hybridized carbons (Fsp3) is 1.00. The van der Waals surface area contributed by atoms with Gasteiger partial charge in [0.2, 0.25) is 0 Å². The number of nitrogens with one attached hydrogen (secondary N) is 1. The molecule has 1 rings (SSSR count). The van der Waals surface area contributed by atoms with E-state index < -0.39 is 0 Å². The van der Waals surface area contributed by atoms with Gasteiger partial charge in [-0.15, -0.1) is 0 Å². The van der Waals surface area contributed by atoms with E-state index in [1.54, 1.807) is 7.05 Å². The summed E-state index contributed by atoms with van der Waals surface area (Å²) in [6, 6.07) is 0. The summed E-state index contributed by atoms with van der Waals surface area (Å²) in [7, 11) is 1.63. The average molecular weight is 116 g/mol. The molecule has 1 aliphatic heterocycles. The van der Waals surface area contributed by atoms with E-state index in [-0.39, 0.29) is 5.17 Å². The second-order valence-electron chi connectivity index (χ2n) is 2.21. The van der Waals surface area contributed by atoms with Crippen LogP contribution in [-0.2, 0) is 0 Å². The first-order valence-corrected chi connectivity index (χ1v) is 3.06. The molecule has 0 radical (unpaired) electrons. The van der Waals surface area contributed by atoms with Gasteiger partial charge >= 0.3 is 0 Å². The van der Waals surface area contributed by atoms with E-state index in [9.17, 15) is 5.21 Å². The molecule has 0 aromatic rings. The molecule has 1 fully saturated rings. The Kier molecular flexibility index (Phi) is 1.83. The van der Waals surface area contributed by atoms with E-state index in [1.165, 1.54) is 12.8 Å². The molecule has 1 unspecified atom stereocenters. The number of quaternary nitrogens is 1. The van der Waals surface area contributed by atoms with Crippen LogP contribution in [0.25, 0.3) is 0 Å². The molecule has 0 aromatic carbocycles. The molecule has 0 bridgehead atoms. The fourth-order valence-corrected chi connectivity index (χ4v) is 1.03. The molecule has 0 spiro atoms. The van der Waals surface area contributed by atoms with E-state index in [1.807, 2.05) is 5.01 Å². The molecule has 1 N–H and O–H groups in total. The Labute approximate surface area is 49.4 Å². The van der Waals surface area contributed by atoms with Gasteiger partial charge in [-0.1, -0.05) is 0 Å². The second-order valence-corrected chi connectivity index (χ2v) is 2.21. The van der Waals surface area contributed by atoms with Gasteiger partial charge in [-0.2, -0.15) is 5.01 Å². The largest absolute Gasteiger partial charge is 0.613 e. The van der Waals surface area contributed by atoms with Gasteiger partial charge in [0.1, 0.15) is 0 Å². The van der Waals surface area contributed by atoms with Crippen LogP contribution in [0.3, 0.4) is 0 Å². The van der Waals surface area contributed by atoms with Gasteiger partial charge in [-0.05, 0) is 12.8 Å². The Morgan fingerprint density at radius 2 is 1.88 bits per heavy atom. The van der Waals surface area contributed by atoms with Crippen molar-refractivity contribution >= 4 is 0 Å². The lowest BCUT2D eigenvalue weighted by atomic mass is 10.4. The van der Waals surface area contributed by atoms with Gasteiger partial charge in [0.05, 0.1) is 7.05 Å². The quantitative estimate of drug-likeness (QED) is 0.446. The van der Waals surface area contributed by atoms with Crippen molar-refractivity contribution in [3.8, 4) is 0 Å². The van der Waals surface area contributed by atoms with E-state index in [4.69, 9.17) is 0 Å². The summed E-state index contributed by atoms with van der Waals surface area (Å²) in [6.07, 6.45) is 2.39. The monoisotopic (exact) mass is 116 g/mol. The minimum atomic E-state index is 0.225. The molecule has 8 heavy (non-hydrogen) atoms. The molecule has 48 valence electrons. The minimum Gasteiger partial charge on any atom is -0.613 e. The van der Waals surface area contributed by atoms with Crippen LogP contribution in [0, 0.1) is 5.21 Å². The zero-order valence-corrected chi connectivity index (χ0v) is 5.18. The number of hydroxylamine groups is 1. The summed E-state index contributed by atoms with van der Waals surface area (Å²) in [5.74, 6) is 0. The molecule has 0 amide bonds. The van der Waals surface area contributed by atoms with Crippen molar-refractivity contribution in [2.75, 3.05) is 20.1 Å². The topological polar surface area (TPSA) is 30.7 Å². The maximum atomic E-state index is 10.6. The molecule has 0 aromatic heterocycles. The Bertz CT molecular complexity index is 68.8. The lowest BCUT2D eigenvalue weighted by Crippen LogP contribution is -3.10. The normalized spacial score (nSPS) is 26.2. The average Bonchev–Trinajstić information content (AvgIpc) is 2.12. The van der Waals surface area contributed by atoms with E-state index >= 15 is 0 Å². The van der Waals surface area contributed by atoms with Crippen molar-refractivity contribution < 1.29 is 5.17 Å². The third kappa shape index (κ3) is 1.18. The first kappa shape index (κ1) is 6.01. The van der Waals surface area contributed by atoms with Crippen molar-refractivity contribution in [1.29, 1.82) is 0 Å². The molecule has 1 heterocycles. The molecular formula is C5H12N2O. The lowest BCUT2D eigenvalue weighted by molar-refractivity contribution is -0.952. The van der Waals surface area contributed by atoms with Crippen LogP contribution in [0.1, 0.15) is 12.8 Å². The van der Waals surface area contributed by atoms with Crippen LogP contribution in [0.15, 0.2) is 0 Å². The standard InChI is InChI=1S/C5H12N2O/c1-6(8)7-4-2-3-5-7/h6H,2-5H2,1H3. The molecule has 1 saturated heterocycles. The third-order valence-corrected chi connectivity index (χ3v) is 1.55. The third-order valence-electron chi connectivity index (χ3n) is 1.55. The fourth-order valence-electron chi connectivity index (χ4n) is 1.03. The molecule has 0 saturated carbocycles. The smallest absolute Gasteiger partial charge is 0.0841 e. The van der Waals surface area contributed by atoms with Gasteiger partial charge < -0.3 is 5.21 Å². The highest BCUT2D eigenvalue weighted by Gasteiger charge is 2.13. The Morgan fingerprint density at radius 1 is 1.38 bits per heavy atom. The predicted molar refractivity (Wildman–Crippen MR) is 31.1 cm³/mol. The number of nitrogens with zero attached hydrogens (tertiary/aromatic N) is 1. The highest BCUT2D eigenvalue weighted by Crippen LogP contribution is 1.99. The van der Waals surface area contributed by atoms with Gasteiger partial charge in [0.25, 0.3) is 0 Å². The first-order chi connectivity index (χ1) is 3.80. The van der Waals surface area contributed by atoms with Crippen molar-refractivity contribution in [2.45, 2.75) is 12.8 Å². The highest BCUT2D eigenvalue weighted by molar-refractivity contribution is 4.55. The highest BCUT2D eigenvalue weighted by atomic mass is 16.5. The number of rotatable bonds is 1.